The minimum atomic E-state index is -0.547. The first-order chi connectivity index (χ1) is 8.40. The predicted molar refractivity (Wildman–Crippen MR) is 72.4 cm³/mol. The van der Waals surface area contributed by atoms with E-state index in [1.807, 2.05) is 13.8 Å². The van der Waals surface area contributed by atoms with Crippen LogP contribution in [0.5, 0.6) is 0 Å². The standard InChI is InChI=1S/C12H12Cl2FN3/c1-6(2)18-5-11(16)12(17-18)7-3-10(15)9(14)4-8(7)13/h3-6H,16H2,1-2H3. The number of aromatic nitrogens is 2. The van der Waals surface area contributed by atoms with Gasteiger partial charge in [0.1, 0.15) is 11.5 Å². The zero-order valence-electron chi connectivity index (χ0n) is 9.92. The van der Waals surface area contributed by atoms with Crippen molar-refractivity contribution in [1.82, 2.24) is 9.78 Å². The predicted octanol–water partition coefficient (Wildman–Crippen LogP) is 4.16. The Balaban J connectivity index is 2.58. The van der Waals surface area contributed by atoms with Gasteiger partial charge >= 0.3 is 0 Å². The van der Waals surface area contributed by atoms with E-state index >= 15 is 0 Å². The van der Waals surface area contributed by atoms with E-state index in [2.05, 4.69) is 5.10 Å². The molecule has 0 atom stereocenters. The molecule has 1 aromatic heterocycles. The van der Waals surface area contributed by atoms with E-state index in [1.54, 1.807) is 10.9 Å². The SMILES string of the molecule is CC(C)n1cc(N)c(-c2cc(F)c(Cl)cc2Cl)n1. The molecule has 0 aliphatic rings. The average molecular weight is 288 g/mol. The van der Waals surface area contributed by atoms with E-state index in [9.17, 15) is 4.39 Å². The third-order valence-electron chi connectivity index (χ3n) is 2.55. The van der Waals surface area contributed by atoms with Crippen LogP contribution >= 0.6 is 23.2 Å². The van der Waals surface area contributed by atoms with Gasteiger partial charge in [-0.05, 0) is 26.0 Å². The molecule has 0 saturated heterocycles. The van der Waals surface area contributed by atoms with Crippen molar-refractivity contribution in [1.29, 1.82) is 0 Å². The zero-order chi connectivity index (χ0) is 13.4. The molecule has 96 valence electrons. The van der Waals surface area contributed by atoms with E-state index in [1.165, 1.54) is 12.1 Å². The number of hydrogen-bond acceptors (Lipinski definition) is 2. The van der Waals surface area contributed by atoms with Crippen LogP contribution in [0, 0.1) is 5.82 Å². The monoisotopic (exact) mass is 287 g/mol. The fourth-order valence-corrected chi connectivity index (χ4v) is 2.06. The number of halogens is 3. The number of rotatable bonds is 2. The molecular formula is C12H12Cl2FN3. The third-order valence-corrected chi connectivity index (χ3v) is 3.16. The van der Waals surface area contributed by atoms with Crippen LogP contribution in [0.1, 0.15) is 19.9 Å². The summed E-state index contributed by atoms with van der Waals surface area (Å²) < 4.78 is 15.2. The van der Waals surface area contributed by atoms with Gasteiger partial charge in [-0.1, -0.05) is 23.2 Å². The van der Waals surface area contributed by atoms with Gasteiger partial charge in [0.2, 0.25) is 0 Å². The van der Waals surface area contributed by atoms with Crippen molar-refractivity contribution in [3.63, 3.8) is 0 Å². The molecule has 0 spiro atoms. The fourth-order valence-electron chi connectivity index (χ4n) is 1.58. The summed E-state index contributed by atoms with van der Waals surface area (Å²) in [6.45, 7) is 3.94. The molecule has 0 fully saturated rings. The summed E-state index contributed by atoms with van der Waals surface area (Å²) in [7, 11) is 0. The summed E-state index contributed by atoms with van der Waals surface area (Å²) in [5.41, 5.74) is 7.22. The number of nitrogen functional groups attached to an aromatic ring is 1. The Morgan fingerprint density at radius 2 is 1.94 bits per heavy atom. The van der Waals surface area contributed by atoms with Crippen molar-refractivity contribution >= 4 is 28.9 Å². The van der Waals surface area contributed by atoms with Gasteiger partial charge < -0.3 is 5.73 Å². The lowest BCUT2D eigenvalue weighted by Crippen LogP contribution is -2.00. The van der Waals surface area contributed by atoms with E-state index in [-0.39, 0.29) is 11.1 Å². The topological polar surface area (TPSA) is 43.8 Å². The van der Waals surface area contributed by atoms with E-state index in [0.717, 1.165) is 0 Å². The van der Waals surface area contributed by atoms with Crippen molar-refractivity contribution < 1.29 is 4.39 Å². The Kier molecular flexibility index (Phi) is 3.50. The average Bonchev–Trinajstić information content (AvgIpc) is 2.66. The van der Waals surface area contributed by atoms with Gasteiger partial charge in [-0.2, -0.15) is 5.10 Å². The highest BCUT2D eigenvalue weighted by molar-refractivity contribution is 6.36. The highest BCUT2D eigenvalue weighted by atomic mass is 35.5. The molecule has 0 saturated carbocycles. The van der Waals surface area contributed by atoms with Gasteiger partial charge in [-0.15, -0.1) is 0 Å². The minimum absolute atomic E-state index is 0.0226. The molecule has 3 nitrogen and oxygen atoms in total. The number of benzene rings is 1. The number of hydrogen-bond donors (Lipinski definition) is 1. The van der Waals surface area contributed by atoms with Crippen molar-refractivity contribution in [2.45, 2.75) is 19.9 Å². The number of anilines is 1. The van der Waals surface area contributed by atoms with Crippen LogP contribution in [0.15, 0.2) is 18.3 Å². The second kappa shape index (κ2) is 4.78. The van der Waals surface area contributed by atoms with Crippen LogP contribution in [-0.4, -0.2) is 9.78 Å². The molecule has 0 amide bonds. The summed E-state index contributed by atoms with van der Waals surface area (Å²) >= 11 is 11.7. The van der Waals surface area contributed by atoms with Crippen LogP contribution in [0.25, 0.3) is 11.3 Å². The van der Waals surface area contributed by atoms with Gasteiger partial charge in [-0.25, -0.2) is 4.39 Å². The Morgan fingerprint density at radius 3 is 2.50 bits per heavy atom. The van der Waals surface area contributed by atoms with Gasteiger partial charge in [0.05, 0.1) is 15.7 Å². The second-order valence-corrected chi connectivity index (χ2v) is 5.07. The first kappa shape index (κ1) is 13.2. The molecule has 1 heterocycles. The Morgan fingerprint density at radius 1 is 1.28 bits per heavy atom. The molecule has 0 aliphatic carbocycles. The van der Waals surface area contributed by atoms with Crippen LogP contribution < -0.4 is 5.73 Å². The smallest absolute Gasteiger partial charge is 0.142 e. The number of nitrogens with zero attached hydrogens (tertiary/aromatic N) is 2. The van der Waals surface area contributed by atoms with Crippen molar-refractivity contribution in [2.24, 2.45) is 0 Å². The van der Waals surface area contributed by atoms with Gasteiger partial charge in [0, 0.05) is 17.8 Å². The lowest BCUT2D eigenvalue weighted by atomic mass is 10.1. The van der Waals surface area contributed by atoms with Crippen LogP contribution in [0.2, 0.25) is 10.0 Å². The Hall–Kier alpha value is -1.26. The number of nitrogens with two attached hydrogens (primary N) is 1. The van der Waals surface area contributed by atoms with Crippen molar-refractivity contribution in [2.75, 3.05) is 5.73 Å². The summed E-state index contributed by atoms with van der Waals surface area (Å²) in [6.07, 6.45) is 1.70. The molecular weight excluding hydrogens is 276 g/mol. The summed E-state index contributed by atoms with van der Waals surface area (Å²) in [4.78, 5) is 0. The van der Waals surface area contributed by atoms with Gasteiger partial charge in [0.15, 0.2) is 0 Å². The van der Waals surface area contributed by atoms with Crippen LogP contribution in [0.4, 0.5) is 10.1 Å². The summed E-state index contributed by atoms with van der Waals surface area (Å²) in [5.74, 6) is -0.547. The Bertz CT molecular complexity index is 593. The first-order valence-corrected chi connectivity index (χ1v) is 6.15. The highest BCUT2D eigenvalue weighted by Gasteiger charge is 2.15. The maximum absolute atomic E-state index is 13.5. The third kappa shape index (κ3) is 2.31. The summed E-state index contributed by atoms with van der Waals surface area (Å²) in [5, 5.41) is 4.61. The van der Waals surface area contributed by atoms with Crippen LogP contribution in [-0.2, 0) is 0 Å². The molecule has 2 aromatic rings. The molecule has 1 aromatic carbocycles. The Labute approximate surface area is 114 Å². The molecule has 0 bridgehead atoms. The zero-order valence-corrected chi connectivity index (χ0v) is 11.4. The van der Waals surface area contributed by atoms with Gasteiger partial charge in [0.25, 0.3) is 0 Å². The molecule has 0 aliphatic heterocycles. The van der Waals surface area contributed by atoms with Crippen LogP contribution in [0.3, 0.4) is 0 Å². The van der Waals surface area contributed by atoms with Crippen molar-refractivity contribution in [3.05, 3.63) is 34.2 Å². The largest absolute Gasteiger partial charge is 0.396 e. The normalized spacial score (nSPS) is 11.2. The molecule has 0 radical (unpaired) electrons. The maximum Gasteiger partial charge on any atom is 0.142 e. The first-order valence-electron chi connectivity index (χ1n) is 5.39. The lowest BCUT2D eigenvalue weighted by Gasteiger charge is -2.05. The minimum Gasteiger partial charge on any atom is -0.396 e. The lowest BCUT2D eigenvalue weighted by molar-refractivity contribution is 0.534. The van der Waals surface area contributed by atoms with E-state index in [4.69, 9.17) is 28.9 Å². The van der Waals surface area contributed by atoms with E-state index in [0.29, 0.717) is 22.0 Å². The molecule has 18 heavy (non-hydrogen) atoms. The second-order valence-electron chi connectivity index (χ2n) is 4.25. The molecule has 2 rings (SSSR count). The molecule has 2 N–H and O–H groups in total. The van der Waals surface area contributed by atoms with Gasteiger partial charge in [-0.3, -0.25) is 4.68 Å². The van der Waals surface area contributed by atoms with E-state index < -0.39 is 5.82 Å². The molecule has 6 heteroatoms. The maximum atomic E-state index is 13.5. The fraction of sp³-hybridized carbons (Fsp3) is 0.250. The van der Waals surface area contributed by atoms with Crippen molar-refractivity contribution in [3.8, 4) is 11.3 Å². The quantitative estimate of drug-likeness (QED) is 0.843. The molecule has 0 unspecified atom stereocenters. The summed E-state index contributed by atoms with van der Waals surface area (Å²) in [6, 6.07) is 2.76. The highest BCUT2D eigenvalue weighted by Crippen LogP contribution is 2.34.